The van der Waals surface area contributed by atoms with Gasteiger partial charge in [-0.2, -0.15) is 11.8 Å². The predicted octanol–water partition coefficient (Wildman–Crippen LogP) is 3.24. The van der Waals surface area contributed by atoms with Crippen LogP contribution in [0.1, 0.15) is 24.4 Å². The maximum absolute atomic E-state index is 12.4. The highest BCUT2D eigenvalue weighted by molar-refractivity contribution is 7.99. The molecule has 2 saturated heterocycles. The second-order valence-electron chi connectivity index (χ2n) is 6.10. The Balaban J connectivity index is 1.63. The van der Waals surface area contributed by atoms with Crippen LogP contribution in [0, 0.1) is 0 Å². The van der Waals surface area contributed by atoms with Crippen molar-refractivity contribution in [2.75, 3.05) is 44.2 Å². The molecule has 3 rings (SSSR count). The third kappa shape index (κ3) is 4.55. The molecule has 1 aromatic carbocycles. The number of hydrogen-bond acceptors (Lipinski definition) is 3. The average molecular weight is 354 g/mol. The predicted molar refractivity (Wildman–Crippen MR) is 97.3 cm³/mol. The molecule has 2 aliphatic heterocycles. The molecule has 0 unspecified atom stereocenters. The normalized spacial score (nSPS) is 20.5. The van der Waals surface area contributed by atoms with Gasteiger partial charge in [-0.3, -0.25) is 4.90 Å². The highest BCUT2D eigenvalue weighted by Crippen LogP contribution is 2.25. The number of amides is 2. The number of nitrogens with one attached hydrogen (secondary N) is 1. The van der Waals surface area contributed by atoms with Crippen LogP contribution in [0.25, 0.3) is 0 Å². The van der Waals surface area contributed by atoms with E-state index in [0.717, 1.165) is 42.7 Å². The molecule has 0 bridgehead atoms. The smallest absolute Gasteiger partial charge is 0.317 e. The zero-order valence-corrected chi connectivity index (χ0v) is 14.9. The second-order valence-corrected chi connectivity index (χ2v) is 7.76. The van der Waals surface area contributed by atoms with E-state index in [1.807, 2.05) is 28.8 Å². The van der Waals surface area contributed by atoms with Gasteiger partial charge in [0.25, 0.3) is 0 Å². The van der Waals surface area contributed by atoms with Crippen molar-refractivity contribution >= 4 is 29.4 Å². The van der Waals surface area contributed by atoms with E-state index in [1.165, 1.54) is 18.4 Å². The summed E-state index contributed by atoms with van der Waals surface area (Å²) in [6.07, 6.45) is 2.47. The first-order chi connectivity index (χ1) is 11.2. The Morgan fingerprint density at radius 3 is 2.43 bits per heavy atom. The van der Waals surface area contributed by atoms with Crippen molar-refractivity contribution in [1.82, 2.24) is 15.1 Å². The molecular weight excluding hydrogens is 330 g/mol. The number of benzene rings is 1. The minimum absolute atomic E-state index is 0.0726. The Kier molecular flexibility index (Phi) is 6.08. The van der Waals surface area contributed by atoms with Crippen LogP contribution >= 0.6 is 23.4 Å². The first-order valence-electron chi connectivity index (χ1n) is 8.34. The van der Waals surface area contributed by atoms with E-state index in [2.05, 4.69) is 22.3 Å². The van der Waals surface area contributed by atoms with Gasteiger partial charge in [-0.1, -0.05) is 23.7 Å². The summed E-state index contributed by atoms with van der Waals surface area (Å²) in [4.78, 5) is 16.8. The van der Waals surface area contributed by atoms with Crippen LogP contribution in [0.5, 0.6) is 0 Å². The third-order valence-electron chi connectivity index (χ3n) is 4.58. The minimum Gasteiger partial charge on any atom is -0.336 e. The number of hydrogen-bond donors (Lipinski definition) is 1. The van der Waals surface area contributed by atoms with E-state index in [1.54, 1.807) is 0 Å². The van der Waals surface area contributed by atoms with Crippen LogP contribution in [-0.2, 0) is 0 Å². The largest absolute Gasteiger partial charge is 0.336 e. The molecule has 2 amide bonds. The highest BCUT2D eigenvalue weighted by Gasteiger charge is 2.25. The molecule has 0 aromatic heterocycles. The molecule has 2 aliphatic rings. The van der Waals surface area contributed by atoms with Gasteiger partial charge in [0.1, 0.15) is 0 Å². The Morgan fingerprint density at radius 2 is 1.78 bits per heavy atom. The lowest BCUT2D eigenvalue weighted by Gasteiger charge is -2.31. The van der Waals surface area contributed by atoms with Crippen molar-refractivity contribution in [3.8, 4) is 0 Å². The van der Waals surface area contributed by atoms with E-state index in [9.17, 15) is 4.79 Å². The lowest BCUT2D eigenvalue weighted by molar-refractivity contribution is 0.192. The second kappa shape index (κ2) is 8.27. The standard InChI is InChI=1S/C17H24ClN3OS/c18-15-5-3-14(4-6-15)16(20-7-1-2-8-20)13-19-17(22)21-9-11-23-12-10-21/h3-6,16H,1-2,7-13H2,(H,19,22)/t16-/m1/s1. The maximum Gasteiger partial charge on any atom is 0.317 e. The zero-order valence-electron chi connectivity index (χ0n) is 13.3. The number of thioether (sulfide) groups is 1. The summed E-state index contributed by atoms with van der Waals surface area (Å²) in [6.45, 7) is 4.56. The van der Waals surface area contributed by atoms with Crippen LogP contribution in [0.4, 0.5) is 4.79 Å². The average Bonchev–Trinajstić information content (AvgIpc) is 3.11. The molecule has 1 aromatic rings. The molecule has 1 N–H and O–H groups in total. The number of nitrogens with zero attached hydrogens (tertiary/aromatic N) is 2. The van der Waals surface area contributed by atoms with Crippen LogP contribution in [-0.4, -0.2) is 60.1 Å². The molecule has 6 heteroatoms. The molecule has 4 nitrogen and oxygen atoms in total. The van der Waals surface area contributed by atoms with Crippen molar-refractivity contribution < 1.29 is 4.79 Å². The fraction of sp³-hybridized carbons (Fsp3) is 0.588. The molecule has 0 radical (unpaired) electrons. The summed E-state index contributed by atoms with van der Waals surface area (Å²) >= 11 is 7.93. The van der Waals surface area contributed by atoms with Gasteiger partial charge in [-0.25, -0.2) is 4.79 Å². The minimum atomic E-state index is 0.0726. The summed E-state index contributed by atoms with van der Waals surface area (Å²) in [5.41, 5.74) is 1.23. The molecule has 23 heavy (non-hydrogen) atoms. The maximum atomic E-state index is 12.4. The number of carbonyl (C=O) groups is 1. The van der Waals surface area contributed by atoms with Gasteiger partial charge in [0.05, 0.1) is 6.04 Å². The SMILES string of the molecule is O=C(NC[C@H](c1ccc(Cl)cc1)N1CCCC1)N1CCSCC1. The fourth-order valence-electron chi connectivity index (χ4n) is 3.26. The van der Waals surface area contributed by atoms with Gasteiger partial charge in [-0.15, -0.1) is 0 Å². The molecule has 0 saturated carbocycles. The summed E-state index contributed by atoms with van der Waals surface area (Å²) in [5, 5.41) is 3.90. The van der Waals surface area contributed by atoms with Crippen LogP contribution in [0.15, 0.2) is 24.3 Å². The van der Waals surface area contributed by atoms with Gasteiger partial charge in [0.15, 0.2) is 0 Å². The highest BCUT2D eigenvalue weighted by atomic mass is 35.5. The van der Waals surface area contributed by atoms with Crippen molar-refractivity contribution in [2.45, 2.75) is 18.9 Å². The molecule has 0 aliphatic carbocycles. The Hall–Kier alpha value is -0.910. The van der Waals surface area contributed by atoms with Crippen molar-refractivity contribution in [2.24, 2.45) is 0 Å². The fourth-order valence-corrected chi connectivity index (χ4v) is 4.29. The Labute approximate surface area is 147 Å². The van der Waals surface area contributed by atoms with Crippen LogP contribution < -0.4 is 5.32 Å². The molecule has 126 valence electrons. The molecule has 1 atom stereocenters. The van der Waals surface area contributed by atoms with E-state index in [0.29, 0.717) is 6.54 Å². The first-order valence-corrected chi connectivity index (χ1v) is 9.87. The van der Waals surface area contributed by atoms with Gasteiger partial charge in [0, 0.05) is 36.2 Å². The van der Waals surface area contributed by atoms with E-state index in [-0.39, 0.29) is 12.1 Å². The van der Waals surface area contributed by atoms with Gasteiger partial charge in [0.2, 0.25) is 0 Å². The number of likely N-dealkylation sites (tertiary alicyclic amines) is 1. The third-order valence-corrected chi connectivity index (χ3v) is 5.78. The Bertz CT molecular complexity index is 513. The summed E-state index contributed by atoms with van der Waals surface area (Å²) < 4.78 is 0. The Morgan fingerprint density at radius 1 is 1.13 bits per heavy atom. The first kappa shape index (κ1) is 16.9. The molecule has 2 heterocycles. The topological polar surface area (TPSA) is 35.6 Å². The van der Waals surface area contributed by atoms with E-state index in [4.69, 9.17) is 11.6 Å². The lowest BCUT2D eigenvalue weighted by atomic mass is 10.1. The number of urea groups is 1. The quantitative estimate of drug-likeness (QED) is 0.902. The van der Waals surface area contributed by atoms with Crippen molar-refractivity contribution in [3.05, 3.63) is 34.9 Å². The van der Waals surface area contributed by atoms with Gasteiger partial charge in [-0.05, 0) is 43.6 Å². The number of carbonyl (C=O) groups excluding carboxylic acids is 1. The molecular formula is C17H24ClN3OS. The summed E-state index contributed by atoms with van der Waals surface area (Å²) in [7, 11) is 0. The van der Waals surface area contributed by atoms with E-state index < -0.39 is 0 Å². The monoisotopic (exact) mass is 353 g/mol. The van der Waals surface area contributed by atoms with E-state index >= 15 is 0 Å². The summed E-state index contributed by atoms with van der Waals surface area (Å²) in [5.74, 6) is 2.08. The van der Waals surface area contributed by atoms with Crippen molar-refractivity contribution in [1.29, 1.82) is 0 Å². The van der Waals surface area contributed by atoms with Crippen molar-refractivity contribution in [3.63, 3.8) is 0 Å². The van der Waals surface area contributed by atoms with Gasteiger partial charge >= 0.3 is 6.03 Å². The lowest BCUT2D eigenvalue weighted by Crippen LogP contribution is -2.46. The van der Waals surface area contributed by atoms with Crippen LogP contribution in [0.2, 0.25) is 5.02 Å². The summed E-state index contributed by atoms with van der Waals surface area (Å²) in [6, 6.07) is 8.33. The number of rotatable bonds is 4. The van der Waals surface area contributed by atoms with Gasteiger partial charge < -0.3 is 10.2 Å². The molecule has 2 fully saturated rings. The van der Waals surface area contributed by atoms with Crippen LogP contribution in [0.3, 0.4) is 0 Å². The molecule has 0 spiro atoms. The zero-order chi connectivity index (χ0) is 16.1. The number of halogens is 1.